The molecule has 1 saturated heterocycles. The van der Waals surface area contributed by atoms with Crippen LogP contribution in [0.5, 0.6) is 17.2 Å². The van der Waals surface area contributed by atoms with Gasteiger partial charge in [0, 0.05) is 32.4 Å². The van der Waals surface area contributed by atoms with E-state index in [1.54, 1.807) is 12.1 Å². The van der Waals surface area contributed by atoms with E-state index in [1.807, 2.05) is 35.4 Å². The number of benzene rings is 2. The Hall–Kier alpha value is -3.03. The summed E-state index contributed by atoms with van der Waals surface area (Å²) in [6.07, 6.45) is -2.80. The normalized spacial score (nSPS) is 18.3. The molecule has 1 fully saturated rings. The molecule has 148 valence electrons. The molecule has 0 saturated carbocycles. The smallest absolute Gasteiger partial charge is 0.482 e. The Labute approximate surface area is 160 Å². The van der Waals surface area contributed by atoms with E-state index in [0.717, 1.165) is 0 Å². The summed E-state index contributed by atoms with van der Waals surface area (Å²) in [6, 6.07) is 13.7. The topological polar surface area (TPSA) is 34.2 Å². The van der Waals surface area contributed by atoms with E-state index in [1.165, 1.54) is 12.1 Å². The van der Waals surface area contributed by atoms with Gasteiger partial charge in [-0.3, -0.25) is 0 Å². The first-order valence-electron chi connectivity index (χ1n) is 8.92. The fraction of sp³-hybridized carbons (Fsp3) is 0.300. The van der Waals surface area contributed by atoms with Gasteiger partial charge in [-0.05, 0) is 24.3 Å². The lowest BCUT2D eigenvalue weighted by atomic mass is 10.2. The quantitative estimate of drug-likeness (QED) is 0.788. The SMILES string of the molecule is FC(F)(F)Oc1ccccc1N1CCN(/C=C2/COc3ccccc3O2)CC1. The van der Waals surface area contributed by atoms with Gasteiger partial charge in [0.2, 0.25) is 0 Å². The molecule has 0 N–H and O–H groups in total. The Balaban J connectivity index is 1.40. The van der Waals surface area contributed by atoms with Crippen molar-refractivity contribution in [1.82, 2.24) is 4.90 Å². The monoisotopic (exact) mass is 392 g/mol. The van der Waals surface area contributed by atoms with E-state index in [4.69, 9.17) is 9.47 Å². The van der Waals surface area contributed by atoms with Crippen molar-refractivity contribution in [1.29, 1.82) is 0 Å². The van der Waals surface area contributed by atoms with Crippen LogP contribution < -0.4 is 19.1 Å². The van der Waals surface area contributed by atoms with Crippen molar-refractivity contribution in [3.8, 4) is 17.2 Å². The van der Waals surface area contributed by atoms with Crippen LogP contribution in [0.25, 0.3) is 0 Å². The molecule has 0 bridgehead atoms. The Morgan fingerprint density at radius 3 is 2.32 bits per heavy atom. The highest BCUT2D eigenvalue weighted by Gasteiger charge is 2.33. The molecule has 0 aromatic heterocycles. The van der Waals surface area contributed by atoms with Crippen LogP contribution in [0.15, 0.2) is 60.5 Å². The second-order valence-corrected chi connectivity index (χ2v) is 6.47. The summed E-state index contributed by atoms with van der Waals surface area (Å²) in [4.78, 5) is 3.97. The third-order valence-corrected chi connectivity index (χ3v) is 4.53. The third-order valence-electron chi connectivity index (χ3n) is 4.53. The summed E-state index contributed by atoms with van der Waals surface area (Å²) < 4.78 is 53.6. The Kier molecular flexibility index (Phi) is 4.93. The molecule has 2 aromatic rings. The van der Waals surface area contributed by atoms with Crippen LogP contribution in [-0.4, -0.2) is 44.0 Å². The zero-order valence-electron chi connectivity index (χ0n) is 15.0. The molecule has 0 atom stereocenters. The van der Waals surface area contributed by atoms with Crippen molar-refractivity contribution in [2.24, 2.45) is 0 Å². The number of hydrogen-bond acceptors (Lipinski definition) is 5. The summed E-state index contributed by atoms with van der Waals surface area (Å²) in [5, 5.41) is 0. The van der Waals surface area contributed by atoms with Crippen LogP contribution >= 0.6 is 0 Å². The summed E-state index contributed by atoms with van der Waals surface area (Å²) in [5.41, 5.74) is 0.443. The highest BCUT2D eigenvalue weighted by atomic mass is 19.4. The molecule has 28 heavy (non-hydrogen) atoms. The minimum absolute atomic E-state index is 0.178. The minimum Gasteiger partial charge on any atom is -0.482 e. The number of hydrogen-bond donors (Lipinski definition) is 0. The Morgan fingerprint density at radius 2 is 1.57 bits per heavy atom. The maximum absolute atomic E-state index is 12.6. The lowest BCUT2D eigenvalue weighted by molar-refractivity contribution is -0.274. The van der Waals surface area contributed by atoms with Gasteiger partial charge in [0.05, 0.1) is 5.69 Å². The predicted octanol–water partition coefficient (Wildman–Crippen LogP) is 4.02. The molecule has 0 amide bonds. The second kappa shape index (κ2) is 7.53. The van der Waals surface area contributed by atoms with E-state index in [-0.39, 0.29) is 5.75 Å². The Morgan fingerprint density at radius 1 is 0.893 bits per heavy atom. The van der Waals surface area contributed by atoms with E-state index >= 15 is 0 Å². The van der Waals surface area contributed by atoms with Crippen molar-refractivity contribution in [2.75, 3.05) is 37.7 Å². The Bertz CT molecular complexity index is 862. The van der Waals surface area contributed by atoms with Gasteiger partial charge in [-0.25, -0.2) is 0 Å². The van der Waals surface area contributed by atoms with Gasteiger partial charge in [-0.15, -0.1) is 13.2 Å². The fourth-order valence-electron chi connectivity index (χ4n) is 3.26. The maximum atomic E-state index is 12.6. The van der Waals surface area contributed by atoms with Crippen LogP contribution in [0.1, 0.15) is 0 Å². The van der Waals surface area contributed by atoms with Crippen LogP contribution in [0.2, 0.25) is 0 Å². The van der Waals surface area contributed by atoms with Crippen LogP contribution in [-0.2, 0) is 0 Å². The zero-order chi connectivity index (χ0) is 19.6. The van der Waals surface area contributed by atoms with E-state index in [0.29, 0.717) is 55.7 Å². The molecule has 5 nitrogen and oxygen atoms in total. The molecule has 2 aliphatic rings. The molecule has 0 spiro atoms. The van der Waals surface area contributed by atoms with E-state index in [2.05, 4.69) is 9.64 Å². The van der Waals surface area contributed by atoms with Crippen molar-refractivity contribution in [3.05, 3.63) is 60.5 Å². The molecule has 4 rings (SSSR count). The molecular weight excluding hydrogens is 373 g/mol. The van der Waals surface area contributed by atoms with Gasteiger partial charge in [-0.2, -0.15) is 0 Å². The van der Waals surface area contributed by atoms with Gasteiger partial charge < -0.3 is 24.0 Å². The molecular formula is C20H19F3N2O3. The van der Waals surface area contributed by atoms with E-state index in [9.17, 15) is 13.2 Å². The number of halogens is 3. The van der Waals surface area contributed by atoms with Gasteiger partial charge in [0.15, 0.2) is 23.0 Å². The second-order valence-electron chi connectivity index (χ2n) is 6.47. The van der Waals surface area contributed by atoms with Crippen LogP contribution in [0.4, 0.5) is 18.9 Å². The number of anilines is 1. The molecule has 2 heterocycles. The number of fused-ring (bicyclic) bond motifs is 1. The number of alkyl halides is 3. The van der Waals surface area contributed by atoms with Gasteiger partial charge in [0.25, 0.3) is 0 Å². The highest BCUT2D eigenvalue weighted by molar-refractivity contribution is 5.58. The predicted molar refractivity (Wildman–Crippen MR) is 97.6 cm³/mol. The minimum atomic E-state index is -4.71. The lowest BCUT2D eigenvalue weighted by Gasteiger charge is -2.36. The fourth-order valence-corrected chi connectivity index (χ4v) is 3.26. The van der Waals surface area contributed by atoms with Gasteiger partial charge in [-0.1, -0.05) is 24.3 Å². The average Bonchev–Trinajstić information content (AvgIpc) is 2.68. The largest absolute Gasteiger partial charge is 0.573 e. The average molecular weight is 392 g/mol. The number of ether oxygens (including phenoxy) is 3. The van der Waals surface area contributed by atoms with Crippen LogP contribution in [0.3, 0.4) is 0 Å². The highest BCUT2D eigenvalue weighted by Crippen LogP contribution is 2.34. The first kappa shape index (κ1) is 18.3. The molecule has 0 aliphatic carbocycles. The zero-order valence-corrected chi connectivity index (χ0v) is 15.0. The van der Waals surface area contributed by atoms with Crippen LogP contribution in [0, 0.1) is 0 Å². The van der Waals surface area contributed by atoms with Crippen molar-refractivity contribution in [2.45, 2.75) is 6.36 Å². The maximum Gasteiger partial charge on any atom is 0.573 e. The third kappa shape index (κ3) is 4.27. The number of nitrogens with zero attached hydrogens (tertiary/aromatic N) is 2. The van der Waals surface area contributed by atoms with E-state index < -0.39 is 6.36 Å². The molecule has 2 aromatic carbocycles. The molecule has 8 heteroatoms. The molecule has 0 unspecified atom stereocenters. The standard InChI is InChI=1S/C20H19F3N2O3/c21-20(22,23)28-17-6-2-1-5-16(17)25-11-9-24(10-12-25)13-15-14-26-18-7-3-4-8-19(18)27-15/h1-8,13H,9-12,14H2/b15-13-. The van der Waals surface area contributed by atoms with Gasteiger partial charge >= 0.3 is 6.36 Å². The number of para-hydroxylation sites is 4. The van der Waals surface area contributed by atoms with Crippen molar-refractivity contribution >= 4 is 5.69 Å². The lowest BCUT2D eigenvalue weighted by Crippen LogP contribution is -2.44. The first-order chi connectivity index (χ1) is 13.5. The van der Waals surface area contributed by atoms with Crippen molar-refractivity contribution < 1.29 is 27.4 Å². The number of piperazine rings is 1. The summed E-state index contributed by atoms with van der Waals surface area (Å²) >= 11 is 0. The first-order valence-corrected chi connectivity index (χ1v) is 8.92. The molecule has 2 aliphatic heterocycles. The number of rotatable bonds is 3. The van der Waals surface area contributed by atoms with Crippen molar-refractivity contribution in [3.63, 3.8) is 0 Å². The molecule has 0 radical (unpaired) electrons. The summed E-state index contributed by atoms with van der Waals surface area (Å²) in [6.45, 7) is 2.78. The summed E-state index contributed by atoms with van der Waals surface area (Å²) in [5.74, 6) is 1.91. The summed E-state index contributed by atoms with van der Waals surface area (Å²) in [7, 11) is 0. The van der Waals surface area contributed by atoms with Gasteiger partial charge in [0.1, 0.15) is 6.61 Å².